The van der Waals surface area contributed by atoms with Crippen LogP contribution in [0.3, 0.4) is 0 Å². The van der Waals surface area contributed by atoms with E-state index in [0.29, 0.717) is 18.8 Å². The normalized spacial score (nSPS) is 20.1. The van der Waals surface area contributed by atoms with E-state index in [0.717, 1.165) is 54.4 Å². The number of nitrogens with one attached hydrogen (secondary N) is 1. The molecule has 9 nitrogen and oxygen atoms in total. The lowest BCUT2D eigenvalue weighted by molar-refractivity contribution is -0.119. The van der Waals surface area contributed by atoms with Crippen molar-refractivity contribution in [2.24, 2.45) is 13.0 Å². The molecule has 0 saturated carbocycles. The molecule has 1 amide bonds. The predicted molar refractivity (Wildman–Crippen MR) is 116 cm³/mol. The smallest absolute Gasteiger partial charge is 0.241 e. The maximum absolute atomic E-state index is 11.6. The molecule has 9 heteroatoms. The molecule has 2 aliphatic heterocycles. The molecule has 162 valence electrons. The molecule has 1 N–H and O–H groups in total. The van der Waals surface area contributed by atoms with Crippen molar-refractivity contribution in [2.75, 3.05) is 37.7 Å². The van der Waals surface area contributed by atoms with Gasteiger partial charge in [-0.2, -0.15) is 0 Å². The summed E-state index contributed by atoms with van der Waals surface area (Å²) >= 11 is 0. The number of fused-ring (bicyclic) bond motifs is 1. The van der Waals surface area contributed by atoms with Gasteiger partial charge in [0.25, 0.3) is 0 Å². The van der Waals surface area contributed by atoms with Gasteiger partial charge in [-0.1, -0.05) is 0 Å². The SMILES string of the molecule is C[C@@H](Oc1nc(-c2ccc(N3CCOCC3)nc2)cc2ncn(C)c12)C1CNC(=O)C1. The first-order valence-corrected chi connectivity index (χ1v) is 10.6. The second kappa shape index (κ2) is 8.14. The molecule has 0 aromatic carbocycles. The number of ether oxygens (including phenoxy) is 2. The minimum absolute atomic E-state index is 0.0688. The molecule has 2 fully saturated rings. The van der Waals surface area contributed by atoms with E-state index in [4.69, 9.17) is 14.5 Å². The van der Waals surface area contributed by atoms with Gasteiger partial charge in [-0.25, -0.2) is 15.0 Å². The first-order valence-electron chi connectivity index (χ1n) is 10.6. The fourth-order valence-electron chi connectivity index (χ4n) is 4.12. The standard InChI is InChI=1S/C22H26N6O3/c1-14(16-9-20(29)24-12-16)31-22-21-18(25-13-27(21)2)10-17(26-22)15-3-4-19(23-11-15)28-5-7-30-8-6-28/h3-4,10-11,13-14,16H,5-9,12H2,1-2H3,(H,24,29)/t14-,16?/m1/s1. The van der Waals surface area contributed by atoms with Crippen LogP contribution in [0.4, 0.5) is 5.82 Å². The third kappa shape index (κ3) is 3.93. The Hall–Kier alpha value is -3.20. The van der Waals surface area contributed by atoms with Gasteiger partial charge in [-0.15, -0.1) is 0 Å². The van der Waals surface area contributed by atoms with Crippen LogP contribution in [0.1, 0.15) is 13.3 Å². The van der Waals surface area contributed by atoms with E-state index in [1.165, 1.54) is 0 Å². The lowest BCUT2D eigenvalue weighted by Crippen LogP contribution is -2.36. The quantitative estimate of drug-likeness (QED) is 0.670. The summed E-state index contributed by atoms with van der Waals surface area (Å²) in [5, 5.41) is 2.87. The van der Waals surface area contributed by atoms with E-state index in [-0.39, 0.29) is 17.9 Å². The minimum atomic E-state index is -0.151. The van der Waals surface area contributed by atoms with Crippen LogP contribution in [0.5, 0.6) is 5.88 Å². The number of carbonyl (C=O) groups is 1. The first-order chi connectivity index (χ1) is 15.1. The Morgan fingerprint density at radius 3 is 2.81 bits per heavy atom. The van der Waals surface area contributed by atoms with Crippen molar-refractivity contribution >= 4 is 22.8 Å². The molecule has 3 aromatic heterocycles. The summed E-state index contributed by atoms with van der Waals surface area (Å²) in [5.74, 6) is 1.65. The van der Waals surface area contributed by atoms with Crippen LogP contribution in [-0.2, 0) is 16.6 Å². The third-order valence-electron chi connectivity index (χ3n) is 6.01. The predicted octanol–water partition coefficient (Wildman–Crippen LogP) is 1.77. The van der Waals surface area contributed by atoms with Gasteiger partial charge in [0, 0.05) is 50.8 Å². The number of hydrogen-bond acceptors (Lipinski definition) is 7. The molecule has 1 unspecified atom stereocenters. The van der Waals surface area contributed by atoms with Gasteiger partial charge in [-0.05, 0) is 25.1 Å². The second-order valence-corrected chi connectivity index (χ2v) is 8.13. The van der Waals surface area contributed by atoms with Gasteiger partial charge in [0.1, 0.15) is 17.4 Å². The third-order valence-corrected chi connectivity index (χ3v) is 6.01. The molecular formula is C22H26N6O3. The van der Waals surface area contributed by atoms with E-state index in [1.54, 1.807) is 6.33 Å². The molecule has 5 rings (SSSR count). The summed E-state index contributed by atoms with van der Waals surface area (Å²) in [4.78, 5) is 27.8. The zero-order chi connectivity index (χ0) is 21.4. The largest absolute Gasteiger partial charge is 0.473 e. The van der Waals surface area contributed by atoms with Crippen LogP contribution in [0.25, 0.3) is 22.3 Å². The number of rotatable bonds is 5. The highest BCUT2D eigenvalue weighted by Gasteiger charge is 2.29. The van der Waals surface area contributed by atoms with E-state index in [1.807, 2.05) is 42.9 Å². The van der Waals surface area contributed by atoms with E-state index in [9.17, 15) is 4.79 Å². The van der Waals surface area contributed by atoms with Gasteiger partial charge in [-0.3, -0.25) is 4.79 Å². The minimum Gasteiger partial charge on any atom is -0.473 e. The number of aromatic nitrogens is 4. The molecule has 0 bridgehead atoms. The number of anilines is 1. The van der Waals surface area contributed by atoms with Gasteiger partial charge in [0.15, 0.2) is 0 Å². The molecule has 0 spiro atoms. The van der Waals surface area contributed by atoms with Crippen LogP contribution in [0, 0.1) is 5.92 Å². The Bertz CT molecular complexity index is 1090. The molecule has 0 aliphatic carbocycles. The molecule has 31 heavy (non-hydrogen) atoms. The van der Waals surface area contributed by atoms with Crippen LogP contribution < -0.4 is 15.0 Å². The summed E-state index contributed by atoms with van der Waals surface area (Å²) in [7, 11) is 1.92. The number of nitrogens with zero attached hydrogens (tertiary/aromatic N) is 5. The average Bonchev–Trinajstić information content (AvgIpc) is 3.40. The second-order valence-electron chi connectivity index (χ2n) is 8.13. The summed E-state index contributed by atoms with van der Waals surface area (Å²) in [5.41, 5.74) is 3.31. The van der Waals surface area contributed by atoms with Crippen LogP contribution >= 0.6 is 0 Å². The highest BCUT2D eigenvalue weighted by Crippen LogP contribution is 2.31. The summed E-state index contributed by atoms with van der Waals surface area (Å²) in [6.07, 6.45) is 3.92. The number of hydrogen-bond donors (Lipinski definition) is 1. The topological polar surface area (TPSA) is 94.4 Å². The van der Waals surface area contributed by atoms with Gasteiger partial charge in [0.05, 0.1) is 30.8 Å². The van der Waals surface area contributed by atoms with Crippen LogP contribution in [0.2, 0.25) is 0 Å². The van der Waals surface area contributed by atoms with Crippen molar-refractivity contribution in [3.05, 3.63) is 30.7 Å². The summed E-state index contributed by atoms with van der Waals surface area (Å²) in [6, 6.07) is 6.00. The van der Waals surface area contributed by atoms with E-state index < -0.39 is 0 Å². The number of carbonyl (C=O) groups excluding carboxylic acids is 1. The van der Waals surface area contributed by atoms with Gasteiger partial charge >= 0.3 is 0 Å². The molecular weight excluding hydrogens is 396 g/mol. The molecule has 5 heterocycles. The highest BCUT2D eigenvalue weighted by molar-refractivity contribution is 5.84. The average molecular weight is 422 g/mol. The first kappa shape index (κ1) is 19.7. The summed E-state index contributed by atoms with van der Waals surface area (Å²) < 4.78 is 13.6. The maximum atomic E-state index is 11.6. The van der Waals surface area contributed by atoms with Crippen molar-refractivity contribution in [1.82, 2.24) is 24.8 Å². The fraction of sp³-hybridized carbons (Fsp3) is 0.455. The lowest BCUT2D eigenvalue weighted by atomic mass is 10.0. The highest BCUT2D eigenvalue weighted by atomic mass is 16.5. The van der Waals surface area contributed by atoms with Gasteiger partial charge in [0.2, 0.25) is 11.8 Å². The Kier molecular flexibility index (Phi) is 5.19. The molecule has 0 radical (unpaired) electrons. The van der Waals surface area contributed by atoms with Gasteiger partial charge < -0.3 is 24.3 Å². The lowest BCUT2D eigenvalue weighted by Gasteiger charge is -2.27. The number of imidazole rings is 1. The van der Waals surface area contributed by atoms with Crippen molar-refractivity contribution < 1.29 is 14.3 Å². The molecule has 2 atom stereocenters. The molecule has 2 aliphatic rings. The van der Waals surface area contributed by atoms with E-state index >= 15 is 0 Å². The molecule has 3 aromatic rings. The zero-order valence-electron chi connectivity index (χ0n) is 17.7. The van der Waals surface area contributed by atoms with Crippen molar-refractivity contribution in [1.29, 1.82) is 0 Å². The zero-order valence-corrected chi connectivity index (χ0v) is 17.7. The van der Waals surface area contributed by atoms with Crippen molar-refractivity contribution in [3.8, 4) is 17.1 Å². The maximum Gasteiger partial charge on any atom is 0.241 e. The fourth-order valence-corrected chi connectivity index (χ4v) is 4.12. The number of pyridine rings is 2. The number of amides is 1. The Balaban J connectivity index is 1.44. The van der Waals surface area contributed by atoms with Crippen molar-refractivity contribution in [3.63, 3.8) is 0 Å². The Labute approximate surface area is 180 Å². The number of aryl methyl sites for hydroxylation is 1. The summed E-state index contributed by atoms with van der Waals surface area (Å²) in [6.45, 7) is 5.75. The Morgan fingerprint density at radius 1 is 1.26 bits per heavy atom. The molecule has 2 saturated heterocycles. The van der Waals surface area contributed by atoms with Crippen LogP contribution in [-0.4, -0.2) is 64.4 Å². The van der Waals surface area contributed by atoms with Crippen LogP contribution in [0.15, 0.2) is 30.7 Å². The number of morpholine rings is 1. The van der Waals surface area contributed by atoms with E-state index in [2.05, 4.69) is 20.2 Å². The van der Waals surface area contributed by atoms with Crippen molar-refractivity contribution in [2.45, 2.75) is 19.4 Å². The Morgan fingerprint density at radius 2 is 2.10 bits per heavy atom. The monoisotopic (exact) mass is 422 g/mol.